The molecule has 0 saturated heterocycles. The van der Waals surface area contributed by atoms with Crippen LogP contribution in [0.5, 0.6) is 0 Å². The van der Waals surface area contributed by atoms with E-state index in [1.807, 2.05) is 0 Å². The normalized spacial score (nSPS) is 12.2. The highest BCUT2D eigenvalue weighted by molar-refractivity contribution is 7.87. The van der Waals surface area contributed by atoms with Crippen molar-refractivity contribution in [2.24, 2.45) is 0 Å². The van der Waals surface area contributed by atoms with Gasteiger partial charge in [0.1, 0.15) is 0 Å². The van der Waals surface area contributed by atoms with Gasteiger partial charge < -0.3 is 10.1 Å². The molecule has 0 aromatic rings. The minimum Gasteiger partial charge on any atom is -0.381 e. The molecule has 0 radical (unpaired) electrons. The molecule has 0 aromatic heterocycles. The monoisotopic (exact) mass is 323 g/mol. The van der Waals surface area contributed by atoms with Gasteiger partial charge >= 0.3 is 0 Å². The van der Waals surface area contributed by atoms with Gasteiger partial charge in [-0.2, -0.15) is 12.7 Å². The van der Waals surface area contributed by atoms with Crippen LogP contribution in [0.15, 0.2) is 0 Å². The van der Waals surface area contributed by atoms with Crippen LogP contribution < -0.4 is 10.0 Å². The third kappa shape index (κ3) is 12.1. The molecule has 0 rings (SSSR count). The lowest BCUT2D eigenvalue weighted by Gasteiger charge is -2.17. The molecule has 128 valence electrons. The molecule has 0 bridgehead atoms. The fourth-order valence-electron chi connectivity index (χ4n) is 1.68. The summed E-state index contributed by atoms with van der Waals surface area (Å²) in [6.07, 6.45) is 4.79. The van der Waals surface area contributed by atoms with Gasteiger partial charge in [0.2, 0.25) is 0 Å². The summed E-state index contributed by atoms with van der Waals surface area (Å²) in [5.74, 6) is 0. The Kier molecular flexibility index (Phi) is 13.3. The maximum Gasteiger partial charge on any atom is 0.279 e. The third-order valence-corrected chi connectivity index (χ3v) is 4.63. The van der Waals surface area contributed by atoms with Gasteiger partial charge in [-0.3, -0.25) is 0 Å². The Hall–Kier alpha value is -0.210. The van der Waals surface area contributed by atoms with Crippen LogP contribution in [-0.2, 0) is 14.9 Å². The van der Waals surface area contributed by atoms with E-state index in [1.54, 1.807) is 7.05 Å². The van der Waals surface area contributed by atoms with Crippen molar-refractivity contribution in [1.82, 2.24) is 14.3 Å². The molecule has 0 amide bonds. The Morgan fingerprint density at radius 2 is 1.67 bits per heavy atom. The van der Waals surface area contributed by atoms with E-state index in [1.165, 1.54) is 4.31 Å². The smallest absolute Gasteiger partial charge is 0.279 e. The highest BCUT2D eigenvalue weighted by Gasteiger charge is 2.15. The summed E-state index contributed by atoms with van der Waals surface area (Å²) in [6.45, 7) is 8.36. The van der Waals surface area contributed by atoms with Gasteiger partial charge in [0.25, 0.3) is 10.2 Å². The zero-order chi connectivity index (χ0) is 16.0. The molecule has 21 heavy (non-hydrogen) atoms. The Morgan fingerprint density at radius 1 is 0.952 bits per heavy atom. The van der Waals surface area contributed by atoms with Gasteiger partial charge in [-0.1, -0.05) is 20.3 Å². The topological polar surface area (TPSA) is 70.7 Å². The molecule has 0 saturated carbocycles. The van der Waals surface area contributed by atoms with Crippen molar-refractivity contribution < 1.29 is 13.2 Å². The molecule has 0 aliphatic carbocycles. The Bertz CT molecular complexity index is 323. The first-order valence-electron chi connectivity index (χ1n) is 8.04. The second-order valence-electron chi connectivity index (χ2n) is 5.14. The molecule has 2 N–H and O–H groups in total. The maximum absolute atomic E-state index is 11.9. The summed E-state index contributed by atoms with van der Waals surface area (Å²) in [6, 6.07) is 0. The lowest BCUT2D eigenvalue weighted by molar-refractivity contribution is 0.129. The summed E-state index contributed by atoms with van der Waals surface area (Å²) in [4.78, 5) is 0. The van der Waals surface area contributed by atoms with Crippen LogP contribution in [0, 0.1) is 0 Å². The first-order chi connectivity index (χ1) is 10.0. The van der Waals surface area contributed by atoms with Gasteiger partial charge in [-0.15, -0.1) is 0 Å². The summed E-state index contributed by atoms with van der Waals surface area (Å²) < 4.78 is 33.2. The molecule has 0 heterocycles. The summed E-state index contributed by atoms with van der Waals surface area (Å²) in [7, 11) is -1.74. The number of unbranched alkanes of at least 4 members (excludes halogenated alkanes) is 1. The summed E-state index contributed by atoms with van der Waals surface area (Å²) >= 11 is 0. The van der Waals surface area contributed by atoms with Crippen molar-refractivity contribution in [2.75, 3.05) is 46.4 Å². The standard InChI is InChI=1S/C14H33N3O3S/c1-4-6-13-20-14-8-11-16-21(18,19)17(3)12-7-10-15-9-5-2/h15-16H,4-14H2,1-3H3. The van der Waals surface area contributed by atoms with Crippen LogP contribution in [0.3, 0.4) is 0 Å². The van der Waals surface area contributed by atoms with Crippen molar-refractivity contribution in [2.45, 2.75) is 46.0 Å². The van der Waals surface area contributed by atoms with E-state index in [0.29, 0.717) is 26.1 Å². The minimum absolute atomic E-state index is 0.423. The first-order valence-corrected chi connectivity index (χ1v) is 9.48. The van der Waals surface area contributed by atoms with E-state index in [9.17, 15) is 8.42 Å². The number of hydrogen-bond acceptors (Lipinski definition) is 4. The number of hydrogen-bond donors (Lipinski definition) is 2. The van der Waals surface area contributed by atoms with E-state index >= 15 is 0 Å². The van der Waals surface area contributed by atoms with Crippen LogP contribution >= 0.6 is 0 Å². The molecule has 0 spiro atoms. The van der Waals surface area contributed by atoms with E-state index < -0.39 is 10.2 Å². The quantitative estimate of drug-likeness (QED) is 0.446. The van der Waals surface area contributed by atoms with Gasteiger partial charge in [-0.25, -0.2) is 4.72 Å². The molecule has 0 aliphatic heterocycles. The zero-order valence-electron chi connectivity index (χ0n) is 13.9. The number of rotatable bonds is 15. The average molecular weight is 324 g/mol. The summed E-state index contributed by atoms with van der Waals surface area (Å²) in [5.41, 5.74) is 0. The molecule has 0 aromatic carbocycles. The average Bonchev–Trinajstić information content (AvgIpc) is 2.45. The second-order valence-corrected chi connectivity index (χ2v) is 7.01. The van der Waals surface area contributed by atoms with Crippen molar-refractivity contribution in [3.63, 3.8) is 0 Å². The third-order valence-electron chi connectivity index (χ3n) is 3.06. The number of nitrogens with one attached hydrogen (secondary N) is 2. The number of nitrogens with zero attached hydrogens (tertiary/aromatic N) is 1. The first kappa shape index (κ1) is 20.8. The van der Waals surface area contributed by atoms with E-state index in [-0.39, 0.29) is 0 Å². The van der Waals surface area contributed by atoms with Crippen molar-refractivity contribution >= 4 is 10.2 Å². The fraction of sp³-hybridized carbons (Fsp3) is 1.00. The van der Waals surface area contributed by atoms with E-state index in [0.717, 1.165) is 45.4 Å². The van der Waals surface area contributed by atoms with Crippen molar-refractivity contribution in [3.05, 3.63) is 0 Å². The molecule has 0 aliphatic rings. The van der Waals surface area contributed by atoms with Crippen molar-refractivity contribution in [1.29, 1.82) is 0 Å². The molecular weight excluding hydrogens is 290 g/mol. The highest BCUT2D eigenvalue weighted by Crippen LogP contribution is 1.96. The van der Waals surface area contributed by atoms with Gasteiger partial charge in [0, 0.05) is 33.4 Å². The van der Waals surface area contributed by atoms with Crippen LogP contribution in [0.2, 0.25) is 0 Å². The lowest BCUT2D eigenvalue weighted by Crippen LogP contribution is -2.40. The lowest BCUT2D eigenvalue weighted by atomic mass is 10.4. The molecule has 7 heteroatoms. The summed E-state index contributed by atoms with van der Waals surface area (Å²) in [5, 5.41) is 3.26. The Labute approximate surface area is 130 Å². The minimum atomic E-state index is -3.35. The van der Waals surface area contributed by atoms with Gasteiger partial charge in [0.15, 0.2) is 0 Å². The van der Waals surface area contributed by atoms with E-state index in [4.69, 9.17) is 4.74 Å². The molecule has 0 unspecified atom stereocenters. The molecule has 0 fully saturated rings. The highest BCUT2D eigenvalue weighted by atomic mass is 32.2. The van der Waals surface area contributed by atoms with E-state index in [2.05, 4.69) is 23.9 Å². The van der Waals surface area contributed by atoms with Gasteiger partial charge in [-0.05, 0) is 38.8 Å². The predicted molar refractivity (Wildman–Crippen MR) is 87.7 cm³/mol. The Morgan fingerprint density at radius 3 is 2.33 bits per heavy atom. The second kappa shape index (κ2) is 13.5. The van der Waals surface area contributed by atoms with Crippen LogP contribution in [-0.4, -0.2) is 59.2 Å². The fourth-order valence-corrected chi connectivity index (χ4v) is 2.67. The van der Waals surface area contributed by atoms with Crippen LogP contribution in [0.1, 0.15) is 46.0 Å². The van der Waals surface area contributed by atoms with Crippen LogP contribution in [0.25, 0.3) is 0 Å². The maximum atomic E-state index is 11.9. The molecule has 0 atom stereocenters. The molecule has 6 nitrogen and oxygen atoms in total. The largest absolute Gasteiger partial charge is 0.381 e. The van der Waals surface area contributed by atoms with Gasteiger partial charge in [0.05, 0.1) is 0 Å². The zero-order valence-corrected chi connectivity index (χ0v) is 14.7. The molecular formula is C14H33N3O3S. The Balaban J connectivity index is 3.65. The predicted octanol–water partition coefficient (Wildman–Crippen LogP) is 1.35. The van der Waals surface area contributed by atoms with Crippen LogP contribution in [0.4, 0.5) is 0 Å². The SMILES string of the molecule is CCCCOCCCNS(=O)(=O)N(C)CCCNCCC. The number of ether oxygens (including phenoxy) is 1. The van der Waals surface area contributed by atoms with Crippen molar-refractivity contribution in [3.8, 4) is 0 Å².